The van der Waals surface area contributed by atoms with E-state index >= 15 is 0 Å². The van der Waals surface area contributed by atoms with Crippen LogP contribution in [-0.4, -0.2) is 26.5 Å². The van der Waals surface area contributed by atoms with Gasteiger partial charge >= 0.3 is 12.3 Å². The quantitative estimate of drug-likeness (QED) is 0.789. The Bertz CT molecular complexity index is 744. The van der Waals surface area contributed by atoms with Crippen molar-refractivity contribution in [2.45, 2.75) is 12.7 Å². The maximum atomic E-state index is 12.0. The second kappa shape index (κ2) is 6.38. The number of carbonyl (C=O) groups excluding carboxylic acids is 1. The molecular weight excluding hydrogens is 320 g/mol. The highest BCUT2D eigenvalue weighted by molar-refractivity contribution is 6.32. The highest BCUT2D eigenvalue weighted by Crippen LogP contribution is 2.37. The second-order valence-electron chi connectivity index (χ2n) is 4.97. The molecule has 5 nitrogen and oxygen atoms in total. The third-order valence-electron chi connectivity index (χ3n) is 3.56. The number of carbonyl (C=O) groups is 1. The summed E-state index contributed by atoms with van der Waals surface area (Å²) in [6.45, 7) is 0. The average molecular weight is 335 g/mol. The van der Waals surface area contributed by atoms with Crippen molar-refractivity contribution in [1.82, 2.24) is 0 Å². The maximum Gasteiger partial charge on any atom is 0.389 e. The van der Waals surface area contributed by atoms with E-state index in [1.165, 1.54) is 7.11 Å². The van der Waals surface area contributed by atoms with E-state index < -0.39 is 12.3 Å². The Morgan fingerprint density at radius 3 is 2.74 bits per heavy atom. The maximum absolute atomic E-state index is 12.0. The number of para-hydroxylation sites is 1. The summed E-state index contributed by atoms with van der Waals surface area (Å²) in [6, 6.07) is 10.9. The Kier molecular flexibility index (Phi) is 4.30. The molecule has 0 fully saturated rings. The first kappa shape index (κ1) is 15.5. The van der Waals surface area contributed by atoms with Crippen LogP contribution in [-0.2, 0) is 16.0 Å². The molecule has 23 heavy (non-hydrogen) atoms. The van der Waals surface area contributed by atoms with Gasteiger partial charge in [-0.3, -0.25) is 0 Å². The molecule has 0 amide bonds. The highest BCUT2D eigenvalue weighted by atomic mass is 35.5. The van der Waals surface area contributed by atoms with Crippen LogP contribution in [0.4, 0.5) is 0 Å². The normalized spacial score (nSPS) is 15.9. The van der Waals surface area contributed by atoms with E-state index in [0.29, 0.717) is 28.7 Å². The van der Waals surface area contributed by atoms with Gasteiger partial charge in [0.05, 0.1) is 19.2 Å². The topological polar surface area (TPSA) is 54.0 Å². The van der Waals surface area contributed by atoms with Crippen molar-refractivity contribution in [3.63, 3.8) is 0 Å². The third-order valence-corrected chi connectivity index (χ3v) is 3.85. The number of methoxy groups -OCH3 is 2. The number of esters is 1. The number of benzene rings is 2. The molecule has 0 saturated heterocycles. The molecule has 1 atom stereocenters. The Balaban J connectivity index is 2.11. The van der Waals surface area contributed by atoms with Gasteiger partial charge in [-0.25, -0.2) is 4.79 Å². The Morgan fingerprint density at radius 1 is 1.17 bits per heavy atom. The number of rotatable bonds is 2. The lowest BCUT2D eigenvalue weighted by molar-refractivity contribution is -0.162. The van der Waals surface area contributed by atoms with Crippen molar-refractivity contribution in [3.05, 3.63) is 52.5 Å². The lowest BCUT2D eigenvalue weighted by atomic mass is 10.0. The van der Waals surface area contributed by atoms with Crippen molar-refractivity contribution < 1.29 is 23.7 Å². The Labute approximate surface area is 138 Å². The number of fused-ring (bicyclic) bond motifs is 2. The van der Waals surface area contributed by atoms with Gasteiger partial charge in [0.2, 0.25) is 0 Å². The van der Waals surface area contributed by atoms with E-state index in [4.69, 9.17) is 30.5 Å². The monoisotopic (exact) mass is 334 g/mol. The van der Waals surface area contributed by atoms with Crippen LogP contribution in [0.3, 0.4) is 0 Å². The van der Waals surface area contributed by atoms with E-state index in [9.17, 15) is 4.79 Å². The van der Waals surface area contributed by atoms with Crippen molar-refractivity contribution in [1.29, 1.82) is 0 Å². The van der Waals surface area contributed by atoms with Gasteiger partial charge in [-0.05, 0) is 17.7 Å². The van der Waals surface area contributed by atoms with Gasteiger partial charge in [0.25, 0.3) is 0 Å². The molecule has 0 saturated carbocycles. The molecule has 2 aromatic rings. The average Bonchev–Trinajstić information content (AvgIpc) is 2.55. The first-order valence-corrected chi connectivity index (χ1v) is 7.35. The number of ether oxygens (including phenoxy) is 4. The summed E-state index contributed by atoms with van der Waals surface area (Å²) < 4.78 is 21.3. The predicted molar refractivity (Wildman–Crippen MR) is 84.3 cm³/mol. The fourth-order valence-electron chi connectivity index (χ4n) is 2.39. The van der Waals surface area contributed by atoms with Crippen molar-refractivity contribution in [3.8, 4) is 17.2 Å². The standard InChI is InChI=1S/C17H15ClO5/c1-20-12-7-6-10-8-11-4-3-5-13(18)15(11)23-17(16(19)21-2)22-14(10)9-12/h3-7,9,17H,8H2,1-2H3. The van der Waals surface area contributed by atoms with E-state index in [1.54, 1.807) is 19.2 Å². The molecule has 2 aromatic carbocycles. The van der Waals surface area contributed by atoms with Crippen molar-refractivity contribution >= 4 is 17.6 Å². The second-order valence-corrected chi connectivity index (χ2v) is 5.38. The molecular formula is C17H15ClO5. The van der Waals surface area contributed by atoms with E-state index in [2.05, 4.69) is 0 Å². The predicted octanol–water partition coefficient (Wildman–Crippen LogP) is 3.21. The van der Waals surface area contributed by atoms with Gasteiger partial charge in [0.1, 0.15) is 17.2 Å². The van der Waals surface area contributed by atoms with Gasteiger partial charge in [0, 0.05) is 18.1 Å². The summed E-state index contributed by atoms with van der Waals surface area (Å²) in [5.41, 5.74) is 1.76. The van der Waals surface area contributed by atoms with Crippen molar-refractivity contribution in [2.75, 3.05) is 14.2 Å². The minimum absolute atomic E-state index is 0.414. The van der Waals surface area contributed by atoms with Crippen LogP contribution in [0.1, 0.15) is 11.1 Å². The molecule has 0 bridgehead atoms. The summed E-state index contributed by atoms with van der Waals surface area (Å²) in [6.07, 6.45) is -0.687. The van der Waals surface area contributed by atoms with Gasteiger partial charge in [-0.2, -0.15) is 0 Å². The fraction of sp³-hybridized carbons (Fsp3) is 0.235. The molecule has 0 aromatic heterocycles. The molecule has 1 aliphatic heterocycles. The molecule has 0 N–H and O–H groups in total. The zero-order valence-corrected chi connectivity index (χ0v) is 13.4. The van der Waals surface area contributed by atoms with Crippen LogP contribution in [0.2, 0.25) is 5.02 Å². The lowest BCUT2D eigenvalue weighted by Gasteiger charge is -2.25. The number of hydrogen-bond acceptors (Lipinski definition) is 5. The smallest absolute Gasteiger partial charge is 0.389 e. The summed E-state index contributed by atoms with van der Waals surface area (Å²) in [5.74, 6) is 0.905. The summed E-state index contributed by atoms with van der Waals surface area (Å²) >= 11 is 6.20. The zero-order valence-electron chi connectivity index (χ0n) is 12.7. The lowest BCUT2D eigenvalue weighted by Crippen LogP contribution is -2.35. The zero-order chi connectivity index (χ0) is 16.4. The molecule has 0 spiro atoms. The van der Waals surface area contributed by atoms with Gasteiger partial charge in [0.15, 0.2) is 0 Å². The Hall–Kier alpha value is -2.40. The minimum Gasteiger partial charge on any atom is -0.497 e. The van der Waals surface area contributed by atoms with E-state index in [0.717, 1.165) is 11.1 Å². The molecule has 1 aliphatic rings. The first-order chi connectivity index (χ1) is 11.1. The van der Waals surface area contributed by atoms with E-state index in [1.807, 2.05) is 24.3 Å². The molecule has 120 valence electrons. The van der Waals surface area contributed by atoms with E-state index in [-0.39, 0.29) is 0 Å². The van der Waals surface area contributed by atoms with Crippen LogP contribution < -0.4 is 14.2 Å². The van der Waals surface area contributed by atoms with Gasteiger partial charge in [-0.1, -0.05) is 29.8 Å². The summed E-state index contributed by atoms with van der Waals surface area (Å²) in [7, 11) is 2.84. The molecule has 0 aliphatic carbocycles. The summed E-state index contributed by atoms with van der Waals surface area (Å²) in [4.78, 5) is 12.0. The molecule has 3 rings (SSSR count). The largest absolute Gasteiger partial charge is 0.497 e. The van der Waals surface area contributed by atoms with Crippen LogP contribution in [0.15, 0.2) is 36.4 Å². The molecule has 1 heterocycles. The van der Waals surface area contributed by atoms with Crippen LogP contribution in [0, 0.1) is 0 Å². The van der Waals surface area contributed by atoms with Crippen LogP contribution >= 0.6 is 11.6 Å². The minimum atomic E-state index is -1.25. The number of hydrogen-bond donors (Lipinski definition) is 0. The summed E-state index contributed by atoms with van der Waals surface area (Å²) in [5, 5.41) is 0.414. The third kappa shape index (κ3) is 3.05. The van der Waals surface area contributed by atoms with Gasteiger partial charge in [-0.15, -0.1) is 0 Å². The number of halogens is 1. The Morgan fingerprint density at radius 2 is 2.00 bits per heavy atom. The SMILES string of the molecule is COC(=O)C1Oc2cc(OC)ccc2Cc2cccc(Cl)c2O1. The van der Waals surface area contributed by atoms with Crippen LogP contribution in [0.5, 0.6) is 17.2 Å². The molecule has 6 heteroatoms. The van der Waals surface area contributed by atoms with Crippen molar-refractivity contribution in [2.24, 2.45) is 0 Å². The molecule has 0 radical (unpaired) electrons. The van der Waals surface area contributed by atoms with Crippen LogP contribution in [0.25, 0.3) is 0 Å². The fourth-order valence-corrected chi connectivity index (χ4v) is 2.62. The molecule has 1 unspecified atom stereocenters. The van der Waals surface area contributed by atoms with Gasteiger partial charge < -0.3 is 18.9 Å². The first-order valence-electron chi connectivity index (χ1n) is 6.98. The highest BCUT2D eigenvalue weighted by Gasteiger charge is 2.29.